The zero-order chi connectivity index (χ0) is 8.58. The summed E-state index contributed by atoms with van der Waals surface area (Å²) in [6, 6.07) is 0. The molecule has 0 saturated carbocycles. The third-order valence-electron chi connectivity index (χ3n) is 0.662. The van der Waals surface area contributed by atoms with Crippen LogP contribution >= 0.6 is 0 Å². The fraction of sp³-hybridized carbons (Fsp3) is 1.00. The fourth-order valence-corrected chi connectivity index (χ4v) is 0.127. The summed E-state index contributed by atoms with van der Waals surface area (Å²) in [5.41, 5.74) is 0. The Bertz CT molecular complexity index is 115. The van der Waals surface area contributed by atoms with E-state index in [2.05, 4.69) is 0 Å². The molecule has 0 radical (unpaired) electrons. The Morgan fingerprint density at radius 2 is 1.30 bits per heavy atom. The van der Waals surface area contributed by atoms with Crippen LogP contribution < -0.4 is 5.11 Å². The van der Waals surface area contributed by atoms with Crippen LogP contribution in [0.25, 0.3) is 0 Å². The normalized spacial score (nSPS) is 14.4. The first-order valence-electron chi connectivity index (χ1n) is 1.94. The van der Waals surface area contributed by atoms with Crippen molar-refractivity contribution in [2.24, 2.45) is 0 Å². The third kappa shape index (κ3) is 1.53. The predicted molar refractivity (Wildman–Crippen MR) is 15.9 cm³/mol. The second kappa shape index (κ2) is 2.30. The highest BCUT2D eigenvalue weighted by atomic mass is 19.3. The van der Waals surface area contributed by atoms with Crippen molar-refractivity contribution in [2.75, 3.05) is 0 Å². The molecule has 0 fully saturated rings. The van der Waals surface area contributed by atoms with Crippen LogP contribution in [-0.4, -0.2) is 18.5 Å². The molecule has 0 aromatic rings. The summed E-state index contributed by atoms with van der Waals surface area (Å²) in [5, 5.41) is 9.00. The van der Waals surface area contributed by atoms with Crippen molar-refractivity contribution in [1.29, 1.82) is 0 Å². The molecule has 7 heteroatoms. The first-order chi connectivity index (χ1) is 4.19. The Labute approximate surface area is 51.3 Å². The predicted octanol–water partition coefficient (Wildman–Crippen LogP) is 0.840. The molecule has 0 atom stereocenters. The van der Waals surface area contributed by atoms with E-state index in [0.29, 0.717) is 0 Å². The van der Waals surface area contributed by atoms with Crippen LogP contribution in [0.5, 0.6) is 0 Å². The van der Waals surface area contributed by atoms with E-state index in [-0.39, 0.29) is 0 Å². The van der Waals surface area contributed by atoms with E-state index in [0.717, 1.165) is 0 Å². The zero-order valence-corrected chi connectivity index (χ0v) is 4.25. The Kier molecular flexibility index (Phi) is 2.19. The second-order valence-corrected chi connectivity index (χ2v) is 1.44. The van der Waals surface area contributed by atoms with Gasteiger partial charge >= 0.3 is 12.3 Å². The molecular formula is C3HF6O-. The molecule has 0 saturated heterocycles. The summed E-state index contributed by atoms with van der Waals surface area (Å²) in [7, 11) is 0. The van der Waals surface area contributed by atoms with Gasteiger partial charge in [0.25, 0.3) is 6.11 Å². The number of alkyl halides is 6. The molecule has 0 amide bonds. The van der Waals surface area contributed by atoms with Crippen LogP contribution in [0.15, 0.2) is 0 Å². The van der Waals surface area contributed by atoms with Crippen molar-refractivity contribution < 1.29 is 31.4 Å². The highest BCUT2D eigenvalue weighted by Crippen LogP contribution is 2.34. The summed E-state index contributed by atoms with van der Waals surface area (Å²) >= 11 is 0. The lowest BCUT2D eigenvalue weighted by Gasteiger charge is -2.29. The van der Waals surface area contributed by atoms with E-state index >= 15 is 0 Å². The fourth-order valence-electron chi connectivity index (χ4n) is 0.127. The number of hydrogen-bond donors (Lipinski definition) is 0. The van der Waals surface area contributed by atoms with Gasteiger partial charge in [-0.25, -0.2) is 17.6 Å². The monoisotopic (exact) mass is 167 g/mol. The van der Waals surface area contributed by atoms with Gasteiger partial charge < -0.3 is 5.11 Å². The molecule has 62 valence electrons. The molecule has 0 aliphatic carbocycles. The summed E-state index contributed by atoms with van der Waals surface area (Å²) < 4.78 is 66.2. The maximum atomic E-state index is 11.2. The molecule has 0 spiro atoms. The lowest BCUT2D eigenvalue weighted by atomic mass is 10.3. The van der Waals surface area contributed by atoms with Gasteiger partial charge in [-0.15, -0.1) is 0 Å². The average molecular weight is 167 g/mol. The van der Waals surface area contributed by atoms with Crippen molar-refractivity contribution in [3.8, 4) is 0 Å². The minimum absolute atomic E-state index is 4.64. The van der Waals surface area contributed by atoms with Gasteiger partial charge in [-0.3, -0.25) is 0 Å². The van der Waals surface area contributed by atoms with E-state index in [1.165, 1.54) is 0 Å². The van der Waals surface area contributed by atoms with E-state index in [4.69, 9.17) is 5.11 Å². The lowest BCUT2D eigenvalue weighted by molar-refractivity contribution is -0.618. The topological polar surface area (TPSA) is 23.1 Å². The summed E-state index contributed by atoms with van der Waals surface area (Å²) in [4.78, 5) is 0. The minimum atomic E-state index is -5.92. The molecule has 0 aromatic heterocycles. The number of hydrogen-bond acceptors (Lipinski definition) is 1. The SMILES string of the molecule is [O-]C(F)(F)C(F)(F)C(F)F. The highest BCUT2D eigenvalue weighted by molar-refractivity contribution is 4.76. The van der Waals surface area contributed by atoms with Gasteiger partial charge in [0.1, 0.15) is 0 Å². The molecule has 0 rings (SSSR count). The van der Waals surface area contributed by atoms with Crippen molar-refractivity contribution in [2.45, 2.75) is 18.5 Å². The van der Waals surface area contributed by atoms with Crippen LogP contribution in [0, 0.1) is 0 Å². The van der Waals surface area contributed by atoms with Crippen molar-refractivity contribution in [3.63, 3.8) is 0 Å². The minimum Gasteiger partial charge on any atom is -0.793 e. The molecule has 0 bridgehead atoms. The Morgan fingerprint density at radius 3 is 1.30 bits per heavy atom. The van der Waals surface area contributed by atoms with Crippen LogP contribution in [0.2, 0.25) is 0 Å². The van der Waals surface area contributed by atoms with Gasteiger partial charge in [-0.1, -0.05) is 0 Å². The molecule has 10 heavy (non-hydrogen) atoms. The Balaban J connectivity index is 4.40. The number of rotatable bonds is 2. The van der Waals surface area contributed by atoms with Crippen LogP contribution in [0.1, 0.15) is 0 Å². The summed E-state index contributed by atoms with van der Waals surface area (Å²) in [6.45, 7) is 0. The molecule has 0 aromatic carbocycles. The summed E-state index contributed by atoms with van der Waals surface area (Å²) in [5.74, 6) is -5.78. The second-order valence-electron chi connectivity index (χ2n) is 1.44. The van der Waals surface area contributed by atoms with Gasteiger partial charge in [0, 0.05) is 0 Å². The molecule has 0 aliphatic rings. The van der Waals surface area contributed by atoms with Gasteiger partial charge in [0.2, 0.25) is 0 Å². The van der Waals surface area contributed by atoms with E-state index < -0.39 is 18.5 Å². The molecular weight excluding hydrogens is 166 g/mol. The average Bonchev–Trinajstić information content (AvgIpc) is 1.62. The first-order valence-corrected chi connectivity index (χ1v) is 1.94. The van der Waals surface area contributed by atoms with Crippen LogP contribution in [0.4, 0.5) is 26.3 Å². The molecule has 0 aliphatic heterocycles. The Morgan fingerprint density at radius 1 is 1.00 bits per heavy atom. The highest BCUT2D eigenvalue weighted by Gasteiger charge is 2.55. The van der Waals surface area contributed by atoms with Gasteiger partial charge in [-0.05, 0) is 0 Å². The first kappa shape index (κ1) is 9.54. The quantitative estimate of drug-likeness (QED) is 0.559. The largest absolute Gasteiger partial charge is 0.793 e. The molecule has 1 nitrogen and oxygen atoms in total. The third-order valence-corrected chi connectivity index (χ3v) is 0.662. The van der Waals surface area contributed by atoms with Crippen molar-refractivity contribution in [3.05, 3.63) is 0 Å². The van der Waals surface area contributed by atoms with Crippen molar-refractivity contribution >= 4 is 0 Å². The Hall–Kier alpha value is -0.460. The maximum Gasteiger partial charge on any atom is 0.355 e. The van der Waals surface area contributed by atoms with E-state index in [1.54, 1.807) is 0 Å². The molecule has 0 N–H and O–H groups in total. The molecule has 0 heterocycles. The van der Waals surface area contributed by atoms with E-state index in [1.807, 2.05) is 0 Å². The standard InChI is InChI=1S/C3HF6O/c4-1(5)2(6,7)3(8,9)10/h1H/q-1. The van der Waals surface area contributed by atoms with Crippen LogP contribution in [0.3, 0.4) is 0 Å². The van der Waals surface area contributed by atoms with Crippen LogP contribution in [-0.2, 0) is 0 Å². The van der Waals surface area contributed by atoms with Crippen molar-refractivity contribution in [1.82, 2.24) is 0 Å². The lowest BCUT2D eigenvalue weighted by Crippen LogP contribution is -2.55. The van der Waals surface area contributed by atoms with E-state index in [9.17, 15) is 26.3 Å². The van der Waals surface area contributed by atoms with Gasteiger partial charge in [0.15, 0.2) is 0 Å². The summed E-state index contributed by atoms with van der Waals surface area (Å²) in [6.07, 6.45) is -10.6. The molecule has 0 unspecified atom stereocenters. The number of halogens is 6. The smallest absolute Gasteiger partial charge is 0.355 e. The van der Waals surface area contributed by atoms with Gasteiger partial charge in [-0.2, -0.15) is 8.78 Å². The van der Waals surface area contributed by atoms with Gasteiger partial charge in [0.05, 0.1) is 0 Å². The maximum absolute atomic E-state index is 11.2. The zero-order valence-electron chi connectivity index (χ0n) is 4.25.